The van der Waals surface area contributed by atoms with Gasteiger partial charge in [0, 0.05) is 11.4 Å². The first-order valence-corrected chi connectivity index (χ1v) is 8.28. The normalized spacial score (nSPS) is 18.8. The van der Waals surface area contributed by atoms with Crippen LogP contribution in [-0.2, 0) is 0 Å². The number of rotatable bonds is 2. The summed E-state index contributed by atoms with van der Waals surface area (Å²) in [6.07, 6.45) is 0. The van der Waals surface area contributed by atoms with E-state index in [-0.39, 0.29) is 11.1 Å². The lowest BCUT2D eigenvalue weighted by Gasteiger charge is -2.39. The Morgan fingerprint density at radius 3 is 1.33 bits per heavy atom. The van der Waals surface area contributed by atoms with Crippen molar-refractivity contribution in [2.24, 2.45) is 9.98 Å². The van der Waals surface area contributed by atoms with Crippen LogP contribution in [0.15, 0.2) is 46.4 Å². The second-order valence-electron chi connectivity index (χ2n) is 7.37. The van der Waals surface area contributed by atoms with Gasteiger partial charge in [-0.1, -0.05) is 12.1 Å². The molecule has 4 heteroatoms. The maximum Gasteiger partial charge on any atom is 0.111 e. The van der Waals surface area contributed by atoms with Crippen molar-refractivity contribution in [3.05, 3.63) is 59.2 Å². The van der Waals surface area contributed by atoms with Gasteiger partial charge in [0.15, 0.2) is 0 Å². The molecule has 3 rings (SSSR count). The van der Waals surface area contributed by atoms with Crippen LogP contribution >= 0.6 is 0 Å². The minimum absolute atomic E-state index is 0.318. The Hall–Kier alpha value is -2.36. The molecule has 124 valence electrons. The summed E-state index contributed by atoms with van der Waals surface area (Å²) >= 11 is 0. The topological polar surface area (TPSA) is 50.5 Å². The standard InChI is InChI=1S/C20H24N4/c1-13-9-7-11-15(21-13)17-18(16-12-8-10-14(2)22-16)24-20(5,6)19(3,4)23-17/h7-12H,1-6H3. The molecule has 3 heterocycles. The van der Waals surface area contributed by atoms with E-state index in [1.54, 1.807) is 0 Å². The predicted octanol–water partition coefficient (Wildman–Crippen LogP) is 3.94. The maximum absolute atomic E-state index is 5.05. The first-order valence-electron chi connectivity index (χ1n) is 8.28. The Morgan fingerprint density at radius 2 is 1.00 bits per heavy atom. The van der Waals surface area contributed by atoms with E-state index < -0.39 is 0 Å². The molecule has 0 amide bonds. The van der Waals surface area contributed by atoms with Gasteiger partial charge in [0.2, 0.25) is 0 Å². The number of pyridine rings is 2. The van der Waals surface area contributed by atoms with Gasteiger partial charge in [-0.05, 0) is 65.8 Å². The highest BCUT2D eigenvalue weighted by molar-refractivity contribution is 6.53. The summed E-state index contributed by atoms with van der Waals surface area (Å²) in [4.78, 5) is 19.4. The molecule has 0 saturated heterocycles. The van der Waals surface area contributed by atoms with Crippen molar-refractivity contribution < 1.29 is 0 Å². The zero-order valence-electron chi connectivity index (χ0n) is 15.3. The Labute approximate surface area is 143 Å². The molecule has 0 unspecified atom stereocenters. The Balaban J connectivity index is 2.22. The molecule has 0 saturated carbocycles. The van der Waals surface area contributed by atoms with E-state index in [4.69, 9.17) is 9.98 Å². The largest absolute Gasteiger partial charge is 0.272 e. The molecule has 2 aromatic rings. The molecule has 0 radical (unpaired) electrons. The van der Waals surface area contributed by atoms with Crippen molar-refractivity contribution in [1.29, 1.82) is 0 Å². The van der Waals surface area contributed by atoms with Crippen LogP contribution in [0.2, 0.25) is 0 Å². The van der Waals surface area contributed by atoms with Crippen LogP contribution in [-0.4, -0.2) is 32.5 Å². The van der Waals surface area contributed by atoms with Crippen molar-refractivity contribution in [1.82, 2.24) is 9.97 Å². The van der Waals surface area contributed by atoms with Crippen LogP contribution in [0, 0.1) is 13.8 Å². The van der Waals surface area contributed by atoms with Gasteiger partial charge in [-0.25, -0.2) is 0 Å². The zero-order chi connectivity index (χ0) is 17.5. The highest BCUT2D eigenvalue weighted by Crippen LogP contribution is 2.34. The van der Waals surface area contributed by atoms with Crippen LogP contribution in [0.5, 0.6) is 0 Å². The SMILES string of the molecule is Cc1cccc(C2=NC(C)(C)C(C)(C)N=C2c2cccc(C)n2)n1. The summed E-state index contributed by atoms with van der Waals surface area (Å²) in [6.45, 7) is 12.5. The summed E-state index contributed by atoms with van der Waals surface area (Å²) in [5, 5.41) is 0. The summed E-state index contributed by atoms with van der Waals surface area (Å²) in [5.41, 5.74) is 4.63. The predicted molar refractivity (Wildman–Crippen MR) is 99.2 cm³/mol. The average molecular weight is 320 g/mol. The average Bonchev–Trinajstić information content (AvgIpc) is 2.49. The summed E-state index contributed by atoms with van der Waals surface area (Å²) in [7, 11) is 0. The summed E-state index contributed by atoms with van der Waals surface area (Å²) in [5.74, 6) is 0. The molecule has 1 aliphatic heterocycles. The van der Waals surface area contributed by atoms with Gasteiger partial charge in [-0.2, -0.15) is 0 Å². The van der Waals surface area contributed by atoms with Gasteiger partial charge >= 0.3 is 0 Å². The van der Waals surface area contributed by atoms with E-state index in [1.165, 1.54) is 0 Å². The number of aromatic nitrogens is 2. The van der Waals surface area contributed by atoms with Crippen molar-refractivity contribution in [2.45, 2.75) is 52.6 Å². The molecular weight excluding hydrogens is 296 g/mol. The van der Waals surface area contributed by atoms with Gasteiger partial charge in [0.05, 0.1) is 22.5 Å². The fraction of sp³-hybridized carbons (Fsp3) is 0.400. The van der Waals surface area contributed by atoms with E-state index in [9.17, 15) is 0 Å². The lowest BCUT2D eigenvalue weighted by Crippen LogP contribution is -2.48. The van der Waals surface area contributed by atoms with Gasteiger partial charge in [-0.3, -0.25) is 20.0 Å². The van der Waals surface area contributed by atoms with Crippen molar-refractivity contribution in [3.63, 3.8) is 0 Å². The van der Waals surface area contributed by atoms with Gasteiger partial charge in [0.25, 0.3) is 0 Å². The number of nitrogens with zero attached hydrogens (tertiary/aromatic N) is 4. The molecule has 4 nitrogen and oxygen atoms in total. The zero-order valence-corrected chi connectivity index (χ0v) is 15.3. The van der Waals surface area contributed by atoms with Crippen molar-refractivity contribution >= 4 is 11.4 Å². The molecule has 24 heavy (non-hydrogen) atoms. The minimum Gasteiger partial charge on any atom is -0.272 e. The Morgan fingerprint density at radius 1 is 0.625 bits per heavy atom. The number of hydrogen-bond donors (Lipinski definition) is 0. The highest BCUT2D eigenvalue weighted by Gasteiger charge is 2.42. The molecule has 0 atom stereocenters. The van der Waals surface area contributed by atoms with Gasteiger partial charge in [-0.15, -0.1) is 0 Å². The number of hydrogen-bond acceptors (Lipinski definition) is 4. The summed E-state index contributed by atoms with van der Waals surface area (Å²) < 4.78 is 0. The lowest BCUT2D eigenvalue weighted by molar-refractivity contribution is 0.312. The van der Waals surface area contributed by atoms with E-state index in [1.807, 2.05) is 50.2 Å². The fourth-order valence-corrected chi connectivity index (χ4v) is 2.65. The van der Waals surface area contributed by atoms with E-state index in [0.29, 0.717) is 0 Å². The second kappa shape index (κ2) is 5.62. The third-order valence-corrected chi connectivity index (χ3v) is 4.77. The van der Waals surface area contributed by atoms with Gasteiger partial charge < -0.3 is 0 Å². The van der Waals surface area contributed by atoms with Crippen LogP contribution in [0.25, 0.3) is 0 Å². The second-order valence-corrected chi connectivity index (χ2v) is 7.37. The van der Waals surface area contributed by atoms with E-state index in [0.717, 1.165) is 34.2 Å². The summed E-state index contributed by atoms with van der Waals surface area (Å²) in [6, 6.07) is 12.0. The molecule has 1 aliphatic rings. The van der Waals surface area contributed by atoms with Crippen LogP contribution in [0.4, 0.5) is 0 Å². The molecule has 0 fully saturated rings. The molecule has 0 N–H and O–H groups in total. The molecule has 2 aromatic heterocycles. The number of aryl methyl sites for hydroxylation is 2. The minimum atomic E-state index is -0.318. The first-order chi connectivity index (χ1) is 11.2. The highest BCUT2D eigenvalue weighted by atomic mass is 15.1. The lowest BCUT2D eigenvalue weighted by atomic mass is 9.81. The van der Waals surface area contributed by atoms with Crippen molar-refractivity contribution in [3.8, 4) is 0 Å². The third kappa shape index (κ3) is 2.88. The van der Waals surface area contributed by atoms with E-state index >= 15 is 0 Å². The van der Waals surface area contributed by atoms with E-state index in [2.05, 4.69) is 37.7 Å². The van der Waals surface area contributed by atoms with Crippen LogP contribution in [0.3, 0.4) is 0 Å². The quantitative estimate of drug-likeness (QED) is 0.841. The molecule has 0 aliphatic carbocycles. The third-order valence-electron chi connectivity index (χ3n) is 4.77. The number of aliphatic imine (C=N–C) groups is 2. The van der Waals surface area contributed by atoms with Crippen LogP contribution in [0.1, 0.15) is 50.5 Å². The Bertz CT molecular complexity index is 773. The van der Waals surface area contributed by atoms with Crippen molar-refractivity contribution in [2.75, 3.05) is 0 Å². The fourth-order valence-electron chi connectivity index (χ4n) is 2.65. The van der Waals surface area contributed by atoms with Crippen LogP contribution < -0.4 is 0 Å². The van der Waals surface area contributed by atoms with Gasteiger partial charge in [0.1, 0.15) is 11.4 Å². The maximum atomic E-state index is 5.05. The molecular formula is C20H24N4. The molecule has 0 bridgehead atoms. The monoisotopic (exact) mass is 320 g/mol. The smallest absolute Gasteiger partial charge is 0.111 e. The Kier molecular flexibility index (Phi) is 3.86. The molecule has 0 aromatic carbocycles. The first kappa shape index (κ1) is 16.5. The molecule has 0 spiro atoms.